The first-order valence-electron chi connectivity index (χ1n) is 9.68. The summed E-state index contributed by atoms with van der Waals surface area (Å²) in [6, 6.07) is 4.47. The van der Waals surface area contributed by atoms with Gasteiger partial charge in [0.1, 0.15) is 5.76 Å². The lowest BCUT2D eigenvalue weighted by molar-refractivity contribution is -0.115. The van der Waals surface area contributed by atoms with Crippen molar-refractivity contribution in [2.75, 3.05) is 20.3 Å². The SMILES string of the molecule is CCC(=O)C1=CCC(OCCCCOc2cc(C(=O)O)ccc2OC)C(C)=C1O. The van der Waals surface area contributed by atoms with Gasteiger partial charge in [0.25, 0.3) is 0 Å². The van der Waals surface area contributed by atoms with E-state index in [2.05, 4.69) is 0 Å². The van der Waals surface area contributed by atoms with E-state index in [1.165, 1.54) is 19.2 Å². The molecule has 0 spiro atoms. The Morgan fingerprint density at radius 1 is 1.17 bits per heavy atom. The topological polar surface area (TPSA) is 102 Å². The number of ether oxygens (including phenoxy) is 3. The number of carboxylic acids is 1. The van der Waals surface area contributed by atoms with Crippen LogP contribution in [0.2, 0.25) is 0 Å². The summed E-state index contributed by atoms with van der Waals surface area (Å²) in [6.45, 7) is 4.42. The first-order valence-corrected chi connectivity index (χ1v) is 9.68. The number of methoxy groups -OCH3 is 1. The number of unbranched alkanes of at least 4 members (excludes halogenated alkanes) is 1. The summed E-state index contributed by atoms with van der Waals surface area (Å²) in [5.41, 5.74) is 1.20. The molecule has 1 aliphatic carbocycles. The molecule has 7 heteroatoms. The third-order valence-electron chi connectivity index (χ3n) is 4.80. The molecule has 0 radical (unpaired) electrons. The molecule has 2 rings (SSSR count). The molecule has 7 nitrogen and oxygen atoms in total. The van der Waals surface area contributed by atoms with Gasteiger partial charge in [-0.3, -0.25) is 4.79 Å². The van der Waals surface area contributed by atoms with Crippen LogP contribution in [0.4, 0.5) is 0 Å². The Labute approximate surface area is 170 Å². The fraction of sp³-hybridized carbons (Fsp3) is 0.455. The van der Waals surface area contributed by atoms with Crippen LogP contribution < -0.4 is 9.47 Å². The molecule has 0 saturated heterocycles. The van der Waals surface area contributed by atoms with E-state index in [1.807, 2.05) is 0 Å². The van der Waals surface area contributed by atoms with Crippen LogP contribution in [0.3, 0.4) is 0 Å². The maximum absolute atomic E-state index is 11.8. The van der Waals surface area contributed by atoms with Crippen LogP contribution in [0.5, 0.6) is 11.5 Å². The number of carbonyl (C=O) groups excluding carboxylic acids is 1. The molecule has 0 saturated carbocycles. The van der Waals surface area contributed by atoms with Crippen LogP contribution in [0.1, 0.15) is 49.9 Å². The molecule has 1 aromatic rings. The molecule has 1 aliphatic rings. The lowest BCUT2D eigenvalue weighted by Crippen LogP contribution is -2.22. The van der Waals surface area contributed by atoms with E-state index in [0.29, 0.717) is 55.1 Å². The second-order valence-electron chi connectivity index (χ2n) is 6.75. The van der Waals surface area contributed by atoms with Crippen LogP contribution in [-0.2, 0) is 9.53 Å². The molecule has 1 aromatic carbocycles. The Bertz CT molecular complexity index is 807. The third-order valence-corrected chi connectivity index (χ3v) is 4.80. The summed E-state index contributed by atoms with van der Waals surface area (Å²) >= 11 is 0. The number of hydrogen-bond acceptors (Lipinski definition) is 6. The largest absolute Gasteiger partial charge is 0.507 e. The Kier molecular flexibility index (Phi) is 8.27. The molecule has 0 fully saturated rings. The van der Waals surface area contributed by atoms with Gasteiger partial charge in [-0.15, -0.1) is 0 Å². The van der Waals surface area contributed by atoms with Crippen LogP contribution >= 0.6 is 0 Å². The van der Waals surface area contributed by atoms with E-state index in [0.717, 1.165) is 6.42 Å². The normalized spacial score (nSPS) is 16.4. The Hall–Kier alpha value is -2.80. The van der Waals surface area contributed by atoms with E-state index in [9.17, 15) is 14.7 Å². The molecule has 2 N–H and O–H groups in total. The summed E-state index contributed by atoms with van der Waals surface area (Å²) in [5.74, 6) is -0.193. The first-order chi connectivity index (χ1) is 13.9. The number of rotatable bonds is 11. The van der Waals surface area contributed by atoms with E-state index < -0.39 is 5.97 Å². The van der Waals surface area contributed by atoms with Crippen molar-refractivity contribution < 1.29 is 34.0 Å². The fourth-order valence-electron chi connectivity index (χ4n) is 3.03. The maximum atomic E-state index is 11.8. The highest BCUT2D eigenvalue weighted by molar-refractivity contribution is 5.99. The van der Waals surface area contributed by atoms with Gasteiger partial charge in [0.05, 0.1) is 31.0 Å². The van der Waals surface area contributed by atoms with E-state index in [1.54, 1.807) is 26.0 Å². The number of aromatic carboxylic acids is 1. The average molecular weight is 404 g/mol. The maximum Gasteiger partial charge on any atom is 0.335 e. The number of Topliss-reactive ketones (excluding diaryl/α,β-unsaturated/α-hetero) is 1. The zero-order chi connectivity index (χ0) is 21.4. The lowest BCUT2D eigenvalue weighted by atomic mass is 9.92. The monoisotopic (exact) mass is 404 g/mol. The quantitative estimate of drug-likeness (QED) is 0.536. The molecule has 0 bridgehead atoms. The van der Waals surface area contributed by atoms with Crippen LogP contribution in [0, 0.1) is 0 Å². The summed E-state index contributed by atoms with van der Waals surface area (Å²) in [5, 5.41) is 19.3. The van der Waals surface area contributed by atoms with Gasteiger partial charge in [-0.25, -0.2) is 4.79 Å². The van der Waals surface area contributed by atoms with Crippen molar-refractivity contribution >= 4 is 11.8 Å². The summed E-state index contributed by atoms with van der Waals surface area (Å²) in [6.07, 6.45) is 3.86. The molecule has 29 heavy (non-hydrogen) atoms. The zero-order valence-corrected chi connectivity index (χ0v) is 17.1. The van der Waals surface area contributed by atoms with Gasteiger partial charge in [0, 0.05) is 13.0 Å². The number of carboxylic acid groups (broad SMARTS) is 1. The minimum absolute atomic E-state index is 0.0295. The van der Waals surface area contributed by atoms with Gasteiger partial charge in [-0.1, -0.05) is 13.0 Å². The van der Waals surface area contributed by atoms with Crippen molar-refractivity contribution in [1.29, 1.82) is 0 Å². The number of hydrogen-bond donors (Lipinski definition) is 2. The van der Waals surface area contributed by atoms with Crippen molar-refractivity contribution in [1.82, 2.24) is 0 Å². The van der Waals surface area contributed by atoms with E-state index in [4.69, 9.17) is 19.3 Å². The smallest absolute Gasteiger partial charge is 0.335 e. The van der Waals surface area contributed by atoms with Crippen LogP contribution in [-0.4, -0.2) is 48.4 Å². The summed E-state index contributed by atoms with van der Waals surface area (Å²) in [7, 11) is 1.50. The molecular formula is C22H28O7. The molecular weight excluding hydrogens is 376 g/mol. The van der Waals surface area contributed by atoms with Gasteiger partial charge >= 0.3 is 5.97 Å². The Morgan fingerprint density at radius 3 is 2.55 bits per heavy atom. The van der Waals surface area contributed by atoms with Crippen LogP contribution in [0.15, 0.2) is 41.2 Å². The fourth-order valence-corrected chi connectivity index (χ4v) is 3.03. The molecule has 1 unspecified atom stereocenters. The van der Waals surface area contributed by atoms with E-state index in [-0.39, 0.29) is 23.2 Å². The lowest BCUT2D eigenvalue weighted by Gasteiger charge is -2.23. The van der Waals surface area contributed by atoms with E-state index >= 15 is 0 Å². The number of aliphatic hydroxyl groups excluding tert-OH is 1. The average Bonchev–Trinajstić information content (AvgIpc) is 2.72. The van der Waals surface area contributed by atoms with Crippen LogP contribution in [0.25, 0.3) is 0 Å². The van der Waals surface area contributed by atoms with Gasteiger partial charge < -0.3 is 24.4 Å². The van der Waals surface area contributed by atoms with Crippen molar-refractivity contribution in [2.45, 2.75) is 45.6 Å². The second kappa shape index (κ2) is 10.7. The van der Waals surface area contributed by atoms with Gasteiger partial charge in [-0.2, -0.15) is 0 Å². The number of ketones is 1. The first kappa shape index (κ1) is 22.5. The Morgan fingerprint density at radius 2 is 1.90 bits per heavy atom. The molecule has 158 valence electrons. The highest BCUT2D eigenvalue weighted by Crippen LogP contribution is 2.29. The van der Waals surface area contributed by atoms with Crippen molar-refractivity contribution in [3.05, 3.63) is 46.7 Å². The number of carbonyl (C=O) groups is 2. The molecule has 0 heterocycles. The molecule has 1 atom stereocenters. The predicted molar refractivity (Wildman–Crippen MR) is 108 cm³/mol. The third kappa shape index (κ3) is 5.84. The van der Waals surface area contributed by atoms with Gasteiger partial charge in [0.2, 0.25) is 0 Å². The van der Waals surface area contributed by atoms with Crippen molar-refractivity contribution in [3.63, 3.8) is 0 Å². The summed E-state index contributed by atoms with van der Waals surface area (Å²) in [4.78, 5) is 22.9. The minimum atomic E-state index is -1.03. The van der Waals surface area contributed by atoms with Gasteiger partial charge in [0.15, 0.2) is 17.3 Å². The second-order valence-corrected chi connectivity index (χ2v) is 6.75. The zero-order valence-electron chi connectivity index (χ0n) is 17.1. The Balaban J connectivity index is 1.77. The highest BCUT2D eigenvalue weighted by Gasteiger charge is 2.24. The van der Waals surface area contributed by atoms with Gasteiger partial charge in [-0.05, 0) is 50.0 Å². The highest BCUT2D eigenvalue weighted by atomic mass is 16.5. The summed E-state index contributed by atoms with van der Waals surface area (Å²) < 4.78 is 16.7. The number of aliphatic hydroxyl groups is 1. The number of allylic oxidation sites excluding steroid dienone is 1. The van der Waals surface area contributed by atoms with Crippen molar-refractivity contribution in [2.24, 2.45) is 0 Å². The predicted octanol–water partition coefficient (Wildman–Crippen LogP) is 4.08. The standard InChI is InChI=1S/C22H28O7/c1-4-17(23)16-8-10-18(14(2)21(16)24)28-11-5-6-12-29-20-13-15(22(25)26)7-9-19(20)27-3/h7-9,13,18,24H,4-6,10-12H2,1-3H3,(H,25,26). The van der Waals surface area contributed by atoms with Crippen molar-refractivity contribution in [3.8, 4) is 11.5 Å². The molecule has 0 aromatic heterocycles. The minimum Gasteiger partial charge on any atom is -0.507 e. The molecule has 0 amide bonds. The number of benzene rings is 1. The molecule has 0 aliphatic heterocycles.